The lowest BCUT2D eigenvalue weighted by atomic mass is 10.2. The molecule has 0 aliphatic carbocycles. The van der Waals surface area contributed by atoms with Gasteiger partial charge in [0.1, 0.15) is 5.69 Å². The Hall–Kier alpha value is -1.73. The summed E-state index contributed by atoms with van der Waals surface area (Å²) < 4.78 is 38.0. The lowest BCUT2D eigenvalue weighted by Gasteiger charge is -2.11. The summed E-state index contributed by atoms with van der Waals surface area (Å²) in [6.07, 6.45) is -3.40. The second-order valence-corrected chi connectivity index (χ2v) is 4.55. The largest absolute Gasteiger partial charge is 0.417 e. The number of H-pyrrole nitrogens is 1. The molecule has 0 unspecified atom stereocenters. The van der Waals surface area contributed by atoms with Crippen LogP contribution >= 0.6 is 23.2 Å². The molecule has 0 radical (unpaired) electrons. The van der Waals surface area contributed by atoms with E-state index in [-0.39, 0.29) is 16.4 Å². The van der Waals surface area contributed by atoms with Gasteiger partial charge in [0.2, 0.25) is 0 Å². The Kier molecular flexibility index (Phi) is 3.92. The van der Waals surface area contributed by atoms with Crippen molar-refractivity contribution in [2.75, 3.05) is 5.32 Å². The summed E-state index contributed by atoms with van der Waals surface area (Å²) in [4.78, 5) is 11.8. The van der Waals surface area contributed by atoms with E-state index in [4.69, 9.17) is 23.2 Å². The van der Waals surface area contributed by atoms with Crippen molar-refractivity contribution >= 4 is 34.8 Å². The second kappa shape index (κ2) is 5.34. The molecule has 4 nitrogen and oxygen atoms in total. The van der Waals surface area contributed by atoms with Gasteiger partial charge in [-0.15, -0.1) is 0 Å². The number of rotatable bonds is 2. The Labute approximate surface area is 120 Å². The highest BCUT2D eigenvalue weighted by molar-refractivity contribution is 6.34. The average Bonchev–Trinajstić information content (AvgIpc) is 2.76. The van der Waals surface area contributed by atoms with Crippen LogP contribution in [0.1, 0.15) is 16.1 Å². The maximum atomic E-state index is 12.7. The molecule has 106 valence electrons. The van der Waals surface area contributed by atoms with Crippen LogP contribution in [0.4, 0.5) is 18.9 Å². The van der Waals surface area contributed by atoms with Gasteiger partial charge >= 0.3 is 6.18 Å². The molecule has 0 spiro atoms. The number of nitrogens with one attached hydrogen (secondary N) is 2. The summed E-state index contributed by atoms with van der Waals surface area (Å²) in [6.45, 7) is 0. The zero-order valence-corrected chi connectivity index (χ0v) is 11.1. The molecule has 0 atom stereocenters. The first kappa shape index (κ1) is 14.7. The van der Waals surface area contributed by atoms with Crippen LogP contribution in [0.25, 0.3) is 0 Å². The Morgan fingerprint density at radius 2 is 1.95 bits per heavy atom. The molecule has 20 heavy (non-hydrogen) atoms. The van der Waals surface area contributed by atoms with Gasteiger partial charge in [-0.1, -0.05) is 23.2 Å². The van der Waals surface area contributed by atoms with Crippen molar-refractivity contribution in [3.8, 4) is 0 Å². The molecule has 1 aromatic heterocycles. The van der Waals surface area contributed by atoms with Crippen LogP contribution in [0.15, 0.2) is 24.4 Å². The Balaban J connectivity index is 2.27. The van der Waals surface area contributed by atoms with Gasteiger partial charge in [0.15, 0.2) is 0 Å². The maximum absolute atomic E-state index is 12.7. The van der Waals surface area contributed by atoms with E-state index in [2.05, 4.69) is 15.5 Å². The summed E-state index contributed by atoms with van der Waals surface area (Å²) in [5.41, 5.74) is -1.14. The summed E-state index contributed by atoms with van der Waals surface area (Å²) in [5, 5.41) is 7.76. The molecular formula is C11H6Cl2F3N3O. The fourth-order valence-corrected chi connectivity index (χ4v) is 1.85. The third-order valence-electron chi connectivity index (χ3n) is 2.35. The van der Waals surface area contributed by atoms with Crippen molar-refractivity contribution in [2.24, 2.45) is 0 Å². The predicted octanol–water partition coefficient (Wildman–Crippen LogP) is 3.99. The van der Waals surface area contributed by atoms with E-state index in [9.17, 15) is 18.0 Å². The minimum atomic E-state index is -4.61. The highest BCUT2D eigenvalue weighted by atomic mass is 35.5. The number of aromatic amines is 1. The van der Waals surface area contributed by atoms with E-state index in [1.54, 1.807) is 0 Å². The van der Waals surface area contributed by atoms with Gasteiger partial charge in [-0.05, 0) is 18.2 Å². The van der Waals surface area contributed by atoms with Crippen molar-refractivity contribution in [2.45, 2.75) is 6.18 Å². The molecule has 0 aliphatic heterocycles. The van der Waals surface area contributed by atoms with Gasteiger partial charge in [-0.3, -0.25) is 9.89 Å². The summed E-state index contributed by atoms with van der Waals surface area (Å²) in [7, 11) is 0. The van der Waals surface area contributed by atoms with Gasteiger partial charge in [-0.2, -0.15) is 18.3 Å². The van der Waals surface area contributed by atoms with Crippen LogP contribution in [0.2, 0.25) is 10.0 Å². The monoisotopic (exact) mass is 323 g/mol. The molecule has 0 saturated heterocycles. The predicted molar refractivity (Wildman–Crippen MR) is 68.0 cm³/mol. The molecule has 1 aromatic carbocycles. The second-order valence-electron chi connectivity index (χ2n) is 3.74. The number of nitrogens with zero attached hydrogens (tertiary/aromatic N) is 1. The van der Waals surface area contributed by atoms with Gasteiger partial charge in [0.25, 0.3) is 5.91 Å². The van der Waals surface area contributed by atoms with E-state index in [1.807, 2.05) is 0 Å². The number of hydrogen-bond acceptors (Lipinski definition) is 2. The number of amides is 1. The van der Waals surface area contributed by atoms with Crippen LogP contribution in [0, 0.1) is 0 Å². The third kappa shape index (κ3) is 3.05. The Bertz CT molecular complexity index is 655. The number of aromatic nitrogens is 2. The molecule has 0 aliphatic rings. The molecule has 9 heteroatoms. The molecule has 0 bridgehead atoms. The Morgan fingerprint density at radius 1 is 1.25 bits per heavy atom. The van der Waals surface area contributed by atoms with Crippen LogP contribution in [0.3, 0.4) is 0 Å². The van der Waals surface area contributed by atoms with Crippen molar-refractivity contribution in [1.29, 1.82) is 0 Å². The molecule has 0 saturated carbocycles. The molecule has 2 N–H and O–H groups in total. The number of anilines is 1. The van der Waals surface area contributed by atoms with Gasteiger partial charge in [-0.25, -0.2) is 0 Å². The Morgan fingerprint density at radius 3 is 2.50 bits per heavy atom. The van der Waals surface area contributed by atoms with Crippen LogP contribution in [0.5, 0.6) is 0 Å². The van der Waals surface area contributed by atoms with Gasteiger partial charge in [0.05, 0.1) is 21.8 Å². The normalized spacial score (nSPS) is 11.4. The average molecular weight is 324 g/mol. The van der Waals surface area contributed by atoms with Crippen LogP contribution in [-0.2, 0) is 6.18 Å². The van der Waals surface area contributed by atoms with Gasteiger partial charge < -0.3 is 5.32 Å². The highest BCUT2D eigenvalue weighted by Crippen LogP contribution is 2.36. The molecule has 2 rings (SSSR count). The first-order valence-electron chi connectivity index (χ1n) is 5.16. The van der Waals surface area contributed by atoms with Crippen molar-refractivity contribution in [3.05, 3.63) is 45.7 Å². The zero-order chi connectivity index (χ0) is 14.9. The lowest BCUT2D eigenvalue weighted by molar-refractivity contribution is -0.137. The van der Waals surface area contributed by atoms with E-state index < -0.39 is 22.7 Å². The number of carbonyl (C=O) groups is 1. The van der Waals surface area contributed by atoms with Crippen LogP contribution in [-0.4, -0.2) is 16.1 Å². The minimum absolute atomic E-state index is 0.0461. The number of alkyl halides is 3. The number of hydrogen-bond donors (Lipinski definition) is 2. The van der Waals surface area contributed by atoms with Crippen molar-refractivity contribution in [3.63, 3.8) is 0 Å². The summed E-state index contributed by atoms with van der Waals surface area (Å²) in [5.74, 6) is -0.706. The van der Waals surface area contributed by atoms with E-state index in [0.29, 0.717) is 0 Å². The smallest absolute Gasteiger partial charge is 0.321 e. The molecule has 0 fully saturated rings. The summed E-state index contributed by atoms with van der Waals surface area (Å²) >= 11 is 11.1. The number of carbonyl (C=O) groups excluding carboxylic acids is 1. The first-order valence-corrected chi connectivity index (χ1v) is 5.91. The zero-order valence-electron chi connectivity index (χ0n) is 9.55. The number of benzene rings is 1. The SMILES string of the molecule is O=C(Nc1ccc(Cl)c(C(F)(F)F)c1)c1[nH]ncc1Cl. The van der Waals surface area contributed by atoms with E-state index >= 15 is 0 Å². The lowest BCUT2D eigenvalue weighted by Crippen LogP contribution is -2.14. The highest BCUT2D eigenvalue weighted by Gasteiger charge is 2.33. The standard InChI is InChI=1S/C11H6Cl2F3N3O/c12-7-2-1-5(3-6(7)11(14,15)16)18-10(20)9-8(13)4-17-19-9/h1-4H,(H,17,19)(H,18,20). The molecule has 2 aromatic rings. The fraction of sp³-hybridized carbons (Fsp3) is 0.0909. The van der Waals surface area contributed by atoms with E-state index in [1.165, 1.54) is 12.3 Å². The van der Waals surface area contributed by atoms with Gasteiger partial charge in [0, 0.05) is 5.69 Å². The molecule has 1 heterocycles. The quantitative estimate of drug-likeness (QED) is 0.878. The van der Waals surface area contributed by atoms with Crippen molar-refractivity contribution in [1.82, 2.24) is 10.2 Å². The van der Waals surface area contributed by atoms with Crippen molar-refractivity contribution < 1.29 is 18.0 Å². The van der Waals surface area contributed by atoms with Crippen LogP contribution < -0.4 is 5.32 Å². The fourth-order valence-electron chi connectivity index (χ4n) is 1.44. The first-order chi connectivity index (χ1) is 9.29. The minimum Gasteiger partial charge on any atom is -0.321 e. The molecule has 1 amide bonds. The molecular weight excluding hydrogens is 318 g/mol. The maximum Gasteiger partial charge on any atom is 0.417 e. The third-order valence-corrected chi connectivity index (χ3v) is 2.97. The number of halogens is 5. The summed E-state index contributed by atoms with van der Waals surface area (Å²) in [6, 6.07) is 3.04. The topological polar surface area (TPSA) is 57.8 Å². The van der Waals surface area contributed by atoms with E-state index in [0.717, 1.165) is 12.1 Å².